The van der Waals surface area contributed by atoms with Crippen molar-refractivity contribution in [3.63, 3.8) is 0 Å². The van der Waals surface area contributed by atoms with E-state index in [0.29, 0.717) is 18.9 Å². The highest BCUT2D eigenvalue weighted by molar-refractivity contribution is 7.98. The van der Waals surface area contributed by atoms with Gasteiger partial charge in [0.05, 0.1) is 6.54 Å². The predicted molar refractivity (Wildman–Crippen MR) is 118 cm³/mol. The molecule has 5 nitrogen and oxygen atoms in total. The Hall–Kier alpha value is -2.60. The molecule has 0 saturated carbocycles. The number of aromatic nitrogens is 3. The van der Waals surface area contributed by atoms with Gasteiger partial charge in [-0.1, -0.05) is 73.1 Å². The van der Waals surface area contributed by atoms with Gasteiger partial charge in [0.25, 0.3) is 0 Å². The topological polar surface area (TPSA) is 59.8 Å². The van der Waals surface area contributed by atoms with E-state index in [1.807, 2.05) is 18.4 Å². The number of hydrogen-bond acceptors (Lipinski definition) is 4. The second-order valence-electron chi connectivity index (χ2n) is 7.72. The van der Waals surface area contributed by atoms with E-state index >= 15 is 0 Å². The Labute approximate surface area is 176 Å². The molecule has 0 aliphatic rings. The molecule has 3 aromatic rings. The minimum Gasteiger partial charge on any atom is -0.349 e. The summed E-state index contributed by atoms with van der Waals surface area (Å²) in [5, 5.41) is 12.6. The number of thioether (sulfide) groups is 1. The third kappa shape index (κ3) is 5.94. The van der Waals surface area contributed by atoms with Gasteiger partial charge in [-0.15, -0.1) is 10.2 Å². The number of rotatable bonds is 8. The number of carbonyl (C=O) groups excluding carboxylic acids is 1. The normalized spacial score (nSPS) is 11.1. The van der Waals surface area contributed by atoms with E-state index in [0.717, 1.165) is 22.4 Å². The molecule has 1 N–H and O–H groups in total. The lowest BCUT2D eigenvalue weighted by Gasteiger charge is -2.12. The summed E-state index contributed by atoms with van der Waals surface area (Å²) in [6.07, 6.45) is 0.508. The van der Waals surface area contributed by atoms with E-state index in [1.54, 1.807) is 11.8 Å². The van der Waals surface area contributed by atoms with Crippen molar-refractivity contribution in [3.05, 3.63) is 71.0 Å². The van der Waals surface area contributed by atoms with Crippen molar-refractivity contribution in [3.8, 4) is 5.69 Å². The zero-order valence-corrected chi connectivity index (χ0v) is 18.3. The Bertz CT molecular complexity index is 963. The molecule has 2 aromatic carbocycles. The van der Waals surface area contributed by atoms with E-state index in [2.05, 4.69) is 77.9 Å². The molecule has 0 bridgehead atoms. The van der Waals surface area contributed by atoms with Gasteiger partial charge in [-0.25, -0.2) is 0 Å². The highest BCUT2D eigenvalue weighted by atomic mass is 32.2. The molecule has 0 aliphatic carbocycles. The molecule has 29 heavy (non-hydrogen) atoms. The van der Waals surface area contributed by atoms with Crippen LogP contribution in [0.2, 0.25) is 0 Å². The van der Waals surface area contributed by atoms with E-state index in [9.17, 15) is 4.79 Å². The second kappa shape index (κ2) is 9.74. The van der Waals surface area contributed by atoms with Crippen LogP contribution in [-0.2, 0) is 17.1 Å². The molecule has 0 unspecified atom stereocenters. The van der Waals surface area contributed by atoms with E-state index in [-0.39, 0.29) is 5.91 Å². The molecule has 0 spiro atoms. The zero-order chi connectivity index (χ0) is 20.8. The summed E-state index contributed by atoms with van der Waals surface area (Å²) in [4.78, 5) is 12.1. The number of nitrogens with zero attached hydrogens (tertiary/aromatic N) is 3. The monoisotopic (exact) mass is 408 g/mol. The van der Waals surface area contributed by atoms with E-state index in [1.165, 1.54) is 16.7 Å². The van der Waals surface area contributed by atoms with Crippen molar-refractivity contribution in [1.29, 1.82) is 0 Å². The van der Waals surface area contributed by atoms with Gasteiger partial charge in [-0.2, -0.15) is 0 Å². The lowest BCUT2D eigenvalue weighted by Crippen LogP contribution is -2.25. The van der Waals surface area contributed by atoms with Crippen molar-refractivity contribution in [1.82, 2.24) is 20.1 Å². The summed E-state index contributed by atoms with van der Waals surface area (Å²) < 4.78 is 2.04. The molecule has 1 aromatic heterocycles. The maximum absolute atomic E-state index is 12.1. The van der Waals surface area contributed by atoms with Crippen LogP contribution in [0.4, 0.5) is 0 Å². The van der Waals surface area contributed by atoms with Gasteiger partial charge in [0.2, 0.25) is 5.91 Å². The van der Waals surface area contributed by atoms with Gasteiger partial charge in [0.1, 0.15) is 0 Å². The fraction of sp³-hybridized carbons (Fsp3) is 0.348. The van der Waals surface area contributed by atoms with Crippen LogP contribution < -0.4 is 5.32 Å². The largest absolute Gasteiger partial charge is 0.349 e. The summed E-state index contributed by atoms with van der Waals surface area (Å²) in [6.45, 7) is 8.59. The SMILES string of the molecule is Cc1ccc(-n2c(CNC(=O)CC(C)C)nnc2SCc2cccc(C)c2)cc1. The molecule has 0 aliphatic heterocycles. The standard InChI is InChI=1S/C23H28N4OS/c1-16(2)12-22(28)24-14-21-25-26-23(27(21)20-10-8-17(3)9-11-20)29-15-19-7-5-6-18(4)13-19/h5-11,13,16H,12,14-15H2,1-4H3,(H,24,28). The number of carbonyl (C=O) groups is 1. The molecule has 0 saturated heterocycles. The first kappa shape index (κ1) is 21.1. The Morgan fingerprint density at radius 3 is 2.52 bits per heavy atom. The highest BCUT2D eigenvalue weighted by Crippen LogP contribution is 2.26. The van der Waals surface area contributed by atoms with Crippen LogP contribution in [0.5, 0.6) is 0 Å². The first-order valence-electron chi connectivity index (χ1n) is 9.88. The molecule has 6 heteroatoms. The molecule has 1 heterocycles. The van der Waals surface area contributed by atoms with Gasteiger partial charge >= 0.3 is 0 Å². The number of benzene rings is 2. The molecule has 3 rings (SSSR count). The Morgan fingerprint density at radius 2 is 1.83 bits per heavy atom. The van der Waals surface area contributed by atoms with Gasteiger partial charge < -0.3 is 5.32 Å². The summed E-state index contributed by atoms with van der Waals surface area (Å²) in [5.41, 5.74) is 4.69. The Kier molecular flexibility index (Phi) is 7.09. The van der Waals surface area contributed by atoms with Gasteiger partial charge in [-0.3, -0.25) is 9.36 Å². The van der Waals surface area contributed by atoms with Crippen molar-refractivity contribution >= 4 is 17.7 Å². The fourth-order valence-corrected chi connectivity index (χ4v) is 3.95. The third-order valence-corrected chi connectivity index (χ3v) is 5.48. The van der Waals surface area contributed by atoms with Crippen LogP contribution in [0, 0.1) is 19.8 Å². The average Bonchev–Trinajstić information content (AvgIpc) is 3.08. The van der Waals surface area contributed by atoms with Crippen molar-refractivity contribution in [2.45, 2.75) is 51.6 Å². The Balaban J connectivity index is 1.82. The minimum absolute atomic E-state index is 0.0346. The second-order valence-corrected chi connectivity index (χ2v) is 8.66. The van der Waals surface area contributed by atoms with E-state index < -0.39 is 0 Å². The number of aryl methyl sites for hydroxylation is 2. The Morgan fingerprint density at radius 1 is 1.07 bits per heavy atom. The van der Waals surface area contributed by atoms with Crippen molar-refractivity contribution in [2.24, 2.45) is 5.92 Å². The fourth-order valence-electron chi connectivity index (χ4n) is 3.03. The molecule has 0 fully saturated rings. The van der Waals surface area contributed by atoms with Crippen LogP contribution in [0.15, 0.2) is 53.7 Å². The first-order valence-corrected chi connectivity index (χ1v) is 10.9. The number of nitrogens with one attached hydrogen (secondary N) is 1. The van der Waals surface area contributed by atoms with Crippen molar-refractivity contribution < 1.29 is 4.79 Å². The van der Waals surface area contributed by atoms with Gasteiger partial charge in [-0.05, 0) is 37.5 Å². The quantitative estimate of drug-likeness (QED) is 0.542. The lowest BCUT2D eigenvalue weighted by atomic mass is 10.1. The van der Waals surface area contributed by atoms with Crippen LogP contribution in [0.3, 0.4) is 0 Å². The molecular formula is C23H28N4OS. The first-order chi connectivity index (χ1) is 13.9. The molecular weight excluding hydrogens is 380 g/mol. The summed E-state index contributed by atoms with van der Waals surface area (Å²) in [5.74, 6) is 1.90. The van der Waals surface area contributed by atoms with Gasteiger partial charge in [0.15, 0.2) is 11.0 Å². The van der Waals surface area contributed by atoms with Crippen LogP contribution >= 0.6 is 11.8 Å². The smallest absolute Gasteiger partial charge is 0.220 e. The lowest BCUT2D eigenvalue weighted by molar-refractivity contribution is -0.122. The number of amides is 1. The van der Waals surface area contributed by atoms with Crippen LogP contribution in [0.1, 0.15) is 42.8 Å². The van der Waals surface area contributed by atoms with Gasteiger partial charge in [0, 0.05) is 17.9 Å². The predicted octanol–water partition coefficient (Wildman–Crippen LogP) is 4.84. The van der Waals surface area contributed by atoms with Crippen LogP contribution in [0.25, 0.3) is 5.69 Å². The maximum Gasteiger partial charge on any atom is 0.220 e. The number of hydrogen-bond donors (Lipinski definition) is 1. The molecule has 0 radical (unpaired) electrons. The third-order valence-electron chi connectivity index (χ3n) is 4.48. The zero-order valence-electron chi connectivity index (χ0n) is 17.5. The van der Waals surface area contributed by atoms with Crippen molar-refractivity contribution in [2.75, 3.05) is 0 Å². The highest BCUT2D eigenvalue weighted by Gasteiger charge is 2.16. The summed E-state index contributed by atoms with van der Waals surface area (Å²) in [6, 6.07) is 16.8. The molecule has 0 atom stereocenters. The minimum atomic E-state index is 0.0346. The molecule has 1 amide bonds. The average molecular weight is 409 g/mol. The van der Waals surface area contributed by atoms with Crippen LogP contribution in [-0.4, -0.2) is 20.7 Å². The van der Waals surface area contributed by atoms with E-state index in [4.69, 9.17) is 0 Å². The maximum atomic E-state index is 12.1. The summed E-state index contributed by atoms with van der Waals surface area (Å²) in [7, 11) is 0. The molecule has 152 valence electrons. The summed E-state index contributed by atoms with van der Waals surface area (Å²) >= 11 is 1.65.